The van der Waals surface area contributed by atoms with Gasteiger partial charge in [-0.25, -0.2) is 0 Å². The largest absolute Gasteiger partial charge is 0.496 e. The molecule has 1 amide bonds. The molecule has 1 fully saturated rings. The average molecular weight is 329 g/mol. The maximum absolute atomic E-state index is 12.6. The number of nitrogens with one attached hydrogen (secondary N) is 1. The number of hydrogen-bond donors (Lipinski definition) is 1. The predicted molar refractivity (Wildman–Crippen MR) is 89.4 cm³/mol. The van der Waals surface area contributed by atoms with Crippen LogP contribution in [-0.4, -0.2) is 18.0 Å². The highest BCUT2D eigenvalue weighted by Crippen LogP contribution is 2.65. The van der Waals surface area contributed by atoms with Crippen LogP contribution in [0.25, 0.3) is 0 Å². The lowest BCUT2D eigenvalue weighted by atomic mass is 9.92. The van der Waals surface area contributed by atoms with Gasteiger partial charge in [0.25, 0.3) is 0 Å². The van der Waals surface area contributed by atoms with Crippen LogP contribution >= 0.6 is 11.6 Å². The number of amides is 1. The van der Waals surface area contributed by atoms with E-state index in [-0.39, 0.29) is 11.8 Å². The molecule has 1 spiro atoms. The summed E-state index contributed by atoms with van der Waals surface area (Å²) in [6.45, 7) is 3.98. The Bertz CT molecular complexity index is 849. The van der Waals surface area contributed by atoms with E-state index in [1.54, 1.807) is 13.2 Å². The fourth-order valence-electron chi connectivity index (χ4n) is 3.89. The molecular formula is C18H17ClN2O2. The first-order valence-electron chi connectivity index (χ1n) is 7.60. The van der Waals surface area contributed by atoms with Crippen molar-refractivity contribution in [2.24, 2.45) is 0 Å². The number of hydrogen-bond acceptors (Lipinski definition) is 3. The fraction of sp³-hybridized carbons (Fsp3) is 0.333. The second kappa shape index (κ2) is 4.71. The summed E-state index contributed by atoms with van der Waals surface area (Å²) in [6, 6.07) is 5.57. The Hall–Kier alpha value is -2.07. The SMILES string of the molecule is COc1c(C)cnc([C@H]2C[C@]23C(=O)Nc2ccc(Cl)cc23)c1C. The van der Waals surface area contributed by atoms with Crippen LogP contribution < -0.4 is 10.1 Å². The van der Waals surface area contributed by atoms with E-state index in [1.165, 1.54) is 0 Å². The molecule has 118 valence electrons. The van der Waals surface area contributed by atoms with Gasteiger partial charge in [0.1, 0.15) is 5.75 Å². The van der Waals surface area contributed by atoms with Gasteiger partial charge in [0, 0.05) is 34.0 Å². The molecule has 2 atom stereocenters. The van der Waals surface area contributed by atoms with Crippen molar-refractivity contribution in [1.29, 1.82) is 0 Å². The number of pyridine rings is 1. The Morgan fingerprint density at radius 3 is 2.91 bits per heavy atom. The van der Waals surface area contributed by atoms with E-state index < -0.39 is 5.41 Å². The highest BCUT2D eigenvalue weighted by molar-refractivity contribution is 6.31. The Morgan fingerprint density at radius 1 is 1.39 bits per heavy atom. The van der Waals surface area contributed by atoms with Crippen molar-refractivity contribution in [3.63, 3.8) is 0 Å². The smallest absolute Gasteiger partial charge is 0.235 e. The van der Waals surface area contributed by atoms with E-state index in [9.17, 15) is 4.79 Å². The molecule has 1 aliphatic heterocycles. The molecule has 1 N–H and O–H groups in total. The number of fused-ring (bicyclic) bond motifs is 2. The molecule has 23 heavy (non-hydrogen) atoms. The number of methoxy groups -OCH3 is 1. The van der Waals surface area contributed by atoms with Gasteiger partial charge in [-0.15, -0.1) is 0 Å². The van der Waals surface area contributed by atoms with Crippen LogP contribution in [0.15, 0.2) is 24.4 Å². The van der Waals surface area contributed by atoms with E-state index in [0.29, 0.717) is 5.02 Å². The van der Waals surface area contributed by atoms with Gasteiger partial charge in [0.05, 0.1) is 18.2 Å². The summed E-state index contributed by atoms with van der Waals surface area (Å²) < 4.78 is 5.50. The lowest BCUT2D eigenvalue weighted by Crippen LogP contribution is -2.21. The van der Waals surface area contributed by atoms with Crippen molar-refractivity contribution in [2.45, 2.75) is 31.6 Å². The third-order valence-electron chi connectivity index (χ3n) is 5.09. The number of aromatic nitrogens is 1. The number of rotatable bonds is 2. The first kappa shape index (κ1) is 14.5. The molecule has 1 saturated carbocycles. The monoisotopic (exact) mass is 328 g/mol. The summed E-state index contributed by atoms with van der Waals surface area (Å²) in [5.74, 6) is 0.957. The zero-order valence-electron chi connectivity index (χ0n) is 13.2. The summed E-state index contributed by atoms with van der Waals surface area (Å²) in [5.41, 5.74) is 4.27. The second-order valence-electron chi connectivity index (χ2n) is 6.36. The Kier molecular flexibility index (Phi) is 2.97. The molecule has 2 aliphatic rings. The zero-order valence-corrected chi connectivity index (χ0v) is 14.0. The maximum Gasteiger partial charge on any atom is 0.235 e. The Morgan fingerprint density at radius 2 is 2.17 bits per heavy atom. The predicted octanol–water partition coefficient (Wildman–Crippen LogP) is 3.74. The summed E-state index contributed by atoms with van der Waals surface area (Å²) in [6.07, 6.45) is 2.57. The van der Waals surface area contributed by atoms with E-state index >= 15 is 0 Å². The minimum absolute atomic E-state index is 0.0421. The Balaban J connectivity index is 1.82. The third kappa shape index (κ3) is 1.84. The van der Waals surface area contributed by atoms with Gasteiger partial charge in [-0.1, -0.05) is 11.6 Å². The van der Waals surface area contributed by atoms with Gasteiger partial charge < -0.3 is 10.1 Å². The van der Waals surface area contributed by atoms with Gasteiger partial charge in [-0.2, -0.15) is 0 Å². The molecular weight excluding hydrogens is 312 g/mol. The number of carbonyl (C=O) groups excluding carboxylic acids is 1. The van der Waals surface area contributed by atoms with Gasteiger partial charge in [0.2, 0.25) is 5.91 Å². The van der Waals surface area contributed by atoms with Crippen LogP contribution in [0.2, 0.25) is 5.02 Å². The van der Waals surface area contributed by atoms with Crippen LogP contribution in [0.4, 0.5) is 5.69 Å². The quantitative estimate of drug-likeness (QED) is 0.913. The second-order valence-corrected chi connectivity index (χ2v) is 6.79. The number of anilines is 1. The number of halogens is 1. The highest BCUT2D eigenvalue weighted by atomic mass is 35.5. The van der Waals surface area contributed by atoms with E-state index in [2.05, 4.69) is 10.3 Å². The zero-order chi connectivity index (χ0) is 16.4. The summed E-state index contributed by atoms with van der Waals surface area (Å²) in [5, 5.41) is 3.63. The van der Waals surface area contributed by atoms with Crippen LogP contribution in [0.5, 0.6) is 5.75 Å². The van der Waals surface area contributed by atoms with Crippen molar-refractivity contribution in [1.82, 2.24) is 4.98 Å². The van der Waals surface area contributed by atoms with Crippen molar-refractivity contribution < 1.29 is 9.53 Å². The standard InChI is InChI=1S/C18H17ClN2O2/c1-9-8-20-15(10(2)16(9)23-3)13-7-18(13)12-6-11(19)4-5-14(12)21-17(18)22/h4-6,8,13H,7H2,1-3H3,(H,21,22)/t13-,18-/m1/s1. The van der Waals surface area contributed by atoms with Gasteiger partial charge in [0.15, 0.2) is 0 Å². The summed E-state index contributed by atoms with van der Waals surface area (Å²) in [7, 11) is 1.67. The number of carbonyl (C=O) groups is 1. The number of nitrogens with zero attached hydrogens (tertiary/aromatic N) is 1. The van der Waals surface area contributed by atoms with E-state index in [0.717, 1.165) is 40.2 Å². The summed E-state index contributed by atoms with van der Waals surface area (Å²) in [4.78, 5) is 17.2. The minimum Gasteiger partial charge on any atom is -0.496 e. The minimum atomic E-state index is -0.530. The first-order valence-corrected chi connectivity index (χ1v) is 7.98. The molecule has 1 aromatic carbocycles. The van der Waals surface area contributed by atoms with E-state index in [4.69, 9.17) is 16.3 Å². The lowest BCUT2D eigenvalue weighted by Gasteiger charge is -2.14. The molecule has 0 bridgehead atoms. The average Bonchev–Trinajstić information content (AvgIpc) is 3.19. The van der Waals surface area contributed by atoms with Crippen LogP contribution in [0.1, 0.15) is 34.7 Å². The molecule has 0 saturated heterocycles. The van der Waals surface area contributed by atoms with Crippen molar-refractivity contribution >= 4 is 23.2 Å². The van der Waals surface area contributed by atoms with Crippen LogP contribution in [0, 0.1) is 13.8 Å². The highest BCUT2D eigenvalue weighted by Gasteiger charge is 2.66. The molecule has 2 aromatic rings. The molecule has 0 radical (unpaired) electrons. The summed E-state index contributed by atoms with van der Waals surface area (Å²) >= 11 is 6.14. The normalized spacial score (nSPS) is 24.5. The Labute approximate surface area is 139 Å². The van der Waals surface area contributed by atoms with Gasteiger partial charge in [-0.05, 0) is 44.0 Å². The lowest BCUT2D eigenvalue weighted by molar-refractivity contribution is -0.118. The number of aryl methyl sites for hydroxylation is 1. The molecule has 1 aromatic heterocycles. The molecule has 1 aliphatic carbocycles. The number of ether oxygens (including phenoxy) is 1. The van der Waals surface area contributed by atoms with Crippen LogP contribution in [-0.2, 0) is 10.2 Å². The first-order chi connectivity index (χ1) is 11.0. The fourth-order valence-corrected chi connectivity index (χ4v) is 4.06. The third-order valence-corrected chi connectivity index (χ3v) is 5.33. The van der Waals surface area contributed by atoms with Crippen LogP contribution in [0.3, 0.4) is 0 Å². The van der Waals surface area contributed by atoms with E-state index in [1.807, 2.05) is 32.2 Å². The van der Waals surface area contributed by atoms with Crippen molar-refractivity contribution in [2.75, 3.05) is 12.4 Å². The molecule has 5 heteroatoms. The molecule has 4 rings (SSSR count). The maximum atomic E-state index is 12.6. The van der Waals surface area contributed by atoms with Gasteiger partial charge >= 0.3 is 0 Å². The molecule has 2 heterocycles. The molecule has 4 nitrogen and oxygen atoms in total. The topological polar surface area (TPSA) is 51.2 Å². The van der Waals surface area contributed by atoms with Gasteiger partial charge in [-0.3, -0.25) is 9.78 Å². The van der Waals surface area contributed by atoms with Crippen molar-refractivity contribution in [3.8, 4) is 5.75 Å². The number of benzene rings is 1. The van der Waals surface area contributed by atoms with Crippen molar-refractivity contribution in [3.05, 3.63) is 51.8 Å². The molecule has 0 unspecified atom stereocenters.